The number of aryl methyl sites for hydroxylation is 1. The normalized spacial score (nSPS) is 15.4. The van der Waals surface area contributed by atoms with E-state index in [1.807, 2.05) is 6.92 Å². The Hall–Kier alpha value is -3.88. The van der Waals surface area contributed by atoms with Crippen molar-refractivity contribution in [2.75, 3.05) is 25.6 Å². The van der Waals surface area contributed by atoms with E-state index in [1.165, 1.54) is 7.11 Å². The van der Waals surface area contributed by atoms with Gasteiger partial charge in [-0.15, -0.1) is 0 Å². The zero-order chi connectivity index (χ0) is 22.4. The molecule has 31 heavy (non-hydrogen) atoms. The number of nitrogens with one attached hydrogen (secondary N) is 2. The molecule has 0 aromatic heterocycles. The fraction of sp³-hybridized carbons (Fsp3) is 0.273. The summed E-state index contributed by atoms with van der Waals surface area (Å²) in [6.45, 7) is 1.40. The Morgan fingerprint density at radius 1 is 1.06 bits per heavy atom. The van der Waals surface area contributed by atoms with Crippen molar-refractivity contribution < 1.29 is 28.7 Å². The Balaban J connectivity index is 1.46. The van der Waals surface area contributed by atoms with Crippen molar-refractivity contribution in [3.8, 4) is 5.75 Å². The standard InChI is InChI=1S/C22H23N3O6/c1-14-3-5-15(6-4-14)21(28)24-25-12-16(11-20(25)27)22(29)31-13-19(26)23-17-7-9-18(30-2)10-8-17/h3-10,16H,11-13H2,1-2H3,(H,23,26)(H,24,28)/t16-/m0/s1. The molecule has 3 rings (SSSR count). The van der Waals surface area contributed by atoms with Gasteiger partial charge in [-0.3, -0.25) is 29.6 Å². The van der Waals surface area contributed by atoms with E-state index in [4.69, 9.17) is 9.47 Å². The first-order valence-electron chi connectivity index (χ1n) is 9.64. The summed E-state index contributed by atoms with van der Waals surface area (Å²) in [4.78, 5) is 48.7. The minimum Gasteiger partial charge on any atom is -0.497 e. The lowest BCUT2D eigenvalue weighted by molar-refractivity contribution is -0.151. The molecular weight excluding hydrogens is 402 g/mol. The first-order chi connectivity index (χ1) is 14.9. The van der Waals surface area contributed by atoms with E-state index < -0.39 is 36.2 Å². The summed E-state index contributed by atoms with van der Waals surface area (Å²) in [6.07, 6.45) is -0.104. The number of methoxy groups -OCH3 is 1. The average Bonchev–Trinajstić information content (AvgIpc) is 3.13. The summed E-state index contributed by atoms with van der Waals surface area (Å²) >= 11 is 0. The number of esters is 1. The Bertz CT molecular complexity index is 972. The molecule has 0 bridgehead atoms. The second-order valence-electron chi connectivity index (χ2n) is 7.10. The van der Waals surface area contributed by atoms with Crippen LogP contribution >= 0.6 is 0 Å². The minimum absolute atomic E-state index is 0.0185. The molecule has 1 fully saturated rings. The van der Waals surface area contributed by atoms with Gasteiger partial charge in [0.25, 0.3) is 11.8 Å². The summed E-state index contributed by atoms with van der Waals surface area (Å²) in [5, 5.41) is 3.70. The van der Waals surface area contributed by atoms with Gasteiger partial charge in [0.15, 0.2) is 6.61 Å². The van der Waals surface area contributed by atoms with E-state index in [-0.39, 0.29) is 13.0 Å². The molecular formula is C22H23N3O6. The lowest BCUT2D eigenvalue weighted by Gasteiger charge is -2.17. The number of ether oxygens (including phenoxy) is 2. The van der Waals surface area contributed by atoms with Crippen LogP contribution in [0.4, 0.5) is 5.69 Å². The first-order valence-corrected chi connectivity index (χ1v) is 9.64. The number of nitrogens with zero attached hydrogens (tertiary/aromatic N) is 1. The van der Waals surface area contributed by atoms with Gasteiger partial charge in [0, 0.05) is 17.7 Å². The third-order valence-electron chi connectivity index (χ3n) is 4.73. The number of hydrogen-bond donors (Lipinski definition) is 2. The number of hydrogen-bond acceptors (Lipinski definition) is 6. The van der Waals surface area contributed by atoms with Crippen molar-refractivity contribution >= 4 is 29.4 Å². The van der Waals surface area contributed by atoms with Crippen LogP contribution in [-0.4, -0.2) is 49.0 Å². The van der Waals surface area contributed by atoms with E-state index in [1.54, 1.807) is 48.5 Å². The number of carbonyl (C=O) groups excluding carboxylic acids is 4. The van der Waals surface area contributed by atoms with E-state index in [9.17, 15) is 19.2 Å². The fourth-order valence-corrected chi connectivity index (χ4v) is 2.99. The van der Waals surface area contributed by atoms with Crippen molar-refractivity contribution in [3.63, 3.8) is 0 Å². The van der Waals surface area contributed by atoms with Gasteiger partial charge in [0.2, 0.25) is 5.91 Å². The van der Waals surface area contributed by atoms with Crippen LogP contribution in [0.5, 0.6) is 5.75 Å². The van der Waals surface area contributed by atoms with Crippen LogP contribution in [-0.2, 0) is 19.1 Å². The van der Waals surface area contributed by atoms with Gasteiger partial charge >= 0.3 is 5.97 Å². The number of rotatable bonds is 7. The SMILES string of the molecule is COc1ccc(NC(=O)COC(=O)[C@H]2CC(=O)N(NC(=O)c3ccc(C)cc3)C2)cc1. The summed E-state index contributed by atoms with van der Waals surface area (Å²) in [5.41, 5.74) is 4.44. The molecule has 162 valence electrons. The molecule has 9 heteroatoms. The van der Waals surface area contributed by atoms with Crippen LogP contribution in [0, 0.1) is 12.8 Å². The first kappa shape index (κ1) is 21.8. The van der Waals surface area contributed by atoms with Crippen molar-refractivity contribution in [1.82, 2.24) is 10.4 Å². The molecule has 2 aromatic rings. The van der Waals surface area contributed by atoms with Crippen molar-refractivity contribution in [1.29, 1.82) is 0 Å². The van der Waals surface area contributed by atoms with Gasteiger partial charge in [0.1, 0.15) is 5.75 Å². The summed E-state index contributed by atoms with van der Waals surface area (Å²) in [7, 11) is 1.54. The molecule has 0 aliphatic carbocycles. The molecule has 1 aliphatic heterocycles. The zero-order valence-electron chi connectivity index (χ0n) is 17.2. The maximum atomic E-state index is 12.3. The smallest absolute Gasteiger partial charge is 0.311 e. The number of amides is 3. The maximum Gasteiger partial charge on any atom is 0.311 e. The fourth-order valence-electron chi connectivity index (χ4n) is 2.99. The maximum absolute atomic E-state index is 12.3. The topological polar surface area (TPSA) is 114 Å². The van der Waals surface area contributed by atoms with Crippen LogP contribution < -0.4 is 15.5 Å². The Labute approximate surface area is 179 Å². The van der Waals surface area contributed by atoms with E-state index in [2.05, 4.69) is 10.7 Å². The van der Waals surface area contributed by atoms with Crippen LogP contribution in [0.2, 0.25) is 0 Å². The second-order valence-corrected chi connectivity index (χ2v) is 7.10. The quantitative estimate of drug-likeness (QED) is 0.653. The van der Waals surface area contributed by atoms with Gasteiger partial charge in [-0.1, -0.05) is 17.7 Å². The van der Waals surface area contributed by atoms with Crippen LogP contribution in [0.3, 0.4) is 0 Å². The average molecular weight is 425 g/mol. The predicted molar refractivity (Wildman–Crippen MR) is 111 cm³/mol. The molecule has 1 heterocycles. The molecule has 0 spiro atoms. The molecule has 0 radical (unpaired) electrons. The molecule has 1 saturated heterocycles. The predicted octanol–water partition coefficient (Wildman–Crippen LogP) is 1.68. The van der Waals surface area contributed by atoms with Crippen LogP contribution in [0.25, 0.3) is 0 Å². The van der Waals surface area contributed by atoms with Gasteiger partial charge in [-0.2, -0.15) is 0 Å². The molecule has 2 aromatic carbocycles. The zero-order valence-corrected chi connectivity index (χ0v) is 17.2. The van der Waals surface area contributed by atoms with Crippen molar-refractivity contribution in [2.45, 2.75) is 13.3 Å². The number of carbonyl (C=O) groups is 4. The second kappa shape index (κ2) is 9.75. The molecule has 0 unspecified atom stereocenters. The van der Waals surface area contributed by atoms with E-state index >= 15 is 0 Å². The van der Waals surface area contributed by atoms with Gasteiger partial charge < -0.3 is 14.8 Å². The summed E-state index contributed by atoms with van der Waals surface area (Å²) in [6, 6.07) is 13.6. The molecule has 1 atom stereocenters. The Morgan fingerprint density at radius 3 is 2.39 bits per heavy atom. The molecule has 1 aliphatic rings. The van der Waals surface area contributed by atoms with E-state index in [0.717, 1.165) is 10.6 Å². The Morgan fingerprint density at radius 2 is 1.74 bits per heavy atom. The third-order valence-corrected chi connectivity index (χ3v) is 4.73. The summed E-state index contributed by atoms with van der Waals surface area (Å²) < 4.78 is 10.1. The molecule has 3 amide bonds. The minimum atomic E-state index is -0.764. The number of benzene rings is 2. The van der Waals surface area contributed by atoms with Crippen molar-refractivity contribution in [3.05, 3.63) is 59.7 Å². The molecule has 9 nitrogen and oxygen atoms in total. The van der Waals surface area contributed by atoms with Gasteiger partial charge in [-0.05, 0) is 43.3 Å². The van der Waals surface area contributed by atoms with Crippen molar-refractivity contribution in [2.24, 2.45) is 5.92 Å². The highest BCUT2D eigenvalue weighted by Gasteiger charge is 2.36. The van der Waals surface area contributed by atoms with E-state index in [0.29, 0.717) is 17.0 Å². The lowest BCUT2D eigenvalue weighted by atomic mass is 10.1. The third kappa shape index (κ3) is 5.81. The summed E-state index contributed by atoms with van der Waals surface area (Å²) in [5.74, 6) is -2.14. The monoisotopic (exact) mass is 425 g/mol. The highest BCUT2D eigenvalue weighted by molar-refractivity contribution is 5.97. The number of hydrazine groups is 1. The largest absolute Gasteiger partial charge is 0.497 e. The molecule has 2 N–H and O–H groups in total. The van der Waals surface area contributed by atoms with Gasteiger partial charge in [0.05, 0.1) is 19.6 Å². The van der Waals surface area contributed by atoms with Crippen LogP contribution in [0.1, 0.15) is 22.3 Å². The highest BCUT2D eigenvalue weighted by Crippen LogP contribution is 2.18. The Kier molecular flexibility index (Phi) is 6.86. The highest BCUT2D eigenvalue weighted by atomic mass is 16.5. The van der Waals surface area contributed by atoms with Gasteiger partial charge in [-0.25, -0.2) is 0 Å². The van der Waals surface area contributed by atoms with Crippen LogP contribution in [0.15, 0.2) is 48.5 Å². The lowest BCUT2D eigenvalue weighted by Crippen LogP contribution is -2.43. The molecule has 0 saturated carbocycles. The number of anilines is 1.